The van der Waals surface area contributed by atoms with E-state index in [1.54, 1.807) is 25.3 Å². The van der Waals surface area contributed by atoms with E-state index in [0.717, 1.165) is 25.9 Å². The van der Waals surface area contributed by atoms with Crippen LogP contribution in [0.15, 0.2) is 18.2 Å². The number of amides is 1. The molecule has 1 heterocycles. The van der Waals surface area contributed by atoms with Crippen LogP contribution < -0.4 is 20.1 Å². The Kier molecular flexibility index (Phi) is 6.48. The lowest BCUT2D eigenvalue weighted by Gasteiger charge is -2.22. The molecule has 6 nitrogen and oxygen atoms in total. The van der Waals surface area contributed by atoms with Crippen molar-refractivity contribution >= 4 is 11.6 Å². The fraction of sp³-hybridized carbons (Fsp3) is 0.562. The lowest BCUT2D eigenvalue weighted by atomic mass is 10.1. The summed E-state index contributed by atoms with van der Waals surface area (Å²) in [6, 6.07) is 5.31. The first-order valence-corrected chi connectivity index (χ1v) is 7.66. The van der Waals surface area contributed by atoms with Gasteiger partial charge in [-0.15, -0.1) is 0 Å². The molecule has 0 spiro atoms. The third kappa shape index (κ3) is 4.89. The predicted molar refractivity (Wildman–Crippen MR) is 84.6 cm³/mol. The second-order valence-corrected chi connectivity index (χ2v) is 5.11. The number of anilines is 1. The zero-order chi connectivity index (χ0) is 15.8. The second-order valence-electron chi connectivity index (χ2n) is 5.11. The van der Waals surface area contributed by atoms with Crippen LogP contribution in [0.2, 0.25) is 0 Å². The number of ether oxygens (including phenoxy) is 3. The van der Waals surface area contributed by atoms with Gasteiger partial charge in [0.25, 0.3) is 0 Å². The first kappa shape index (κ1) is 16.6. The van der Waals surface area contributed by atoms with E-state index in [0.29, 0.717) is 23.8 Å². The van der Waals surface area contributed by atoms with Crippen LogP contribution in [-0.2, 0) is 9.53 Å². The maximum Gasteiger partial charge on any atom is 0.250 e. The minimum atomic E-state index is -0.161. The van der Waals surface area contributed by atoms with Gasteiger partial charge < -0.3 is 24.8 Å². The highest BCUT2D eigenvalue weighted by Crippen LogP contribution is 2.30. The molecule has 1 saturated heterocycles. The third-order valence-corrected chi connectivity index (χ3v) is 3.48. The Morgan fingerprint density at radius 2 is 2.09 bits per heavy atom. The van der Waals surface area contributed by atoms with Gasteiger partial charge in [0.2, 0.25) is 5.91 Å². The molecule has 122 valence electrons. The number of nitrogens with one attached hydrogen (secondary N) is 2. The lowest BCUT2D eigenvalue weighted by Crippen LogP contribution is -2.34. The van der Waals surface area contributed by atoms with Crippen molar-refractivity contribution in [1.29, 1.82) is 0 Å². The van der Waals surface area contributed by atoms with E-state index in [-0.39, 0.29) is 18.6 Å². The first-order chi connectivity index (χ1) is 10.7. The molecule has 0 saturated carbocycles. The Labute approximate surface area is 131 Å². The van der Waals surface area contributed by atoms with E-state index < -0.39 is 0 Å². The summed E-state index contributed by atoms with van der Waals surface area (Å²) in [5.74, 6) is 1.10. The number of carbonyl (C=O) groups excluding carboxylic acids is 1. The number of hydrogen-bond acceptors (Lipinski definition) is 5. The summed E-state index contributed by atoms with van der Waals surface area (Å²) < 4.78 is 16.3. The number of benzene rings is 1. The molecular weight excluding hydrogens is 284 g/mol. The fourth-order valence-corrected chi connectivity index (χ4v) is 2.38. The van der Waals surface area contributed by atoms with Crippen LogP contribution in [0.3, 0.4) is 0 Å². The van der Waals surface area contributed by atoms with Gasteiger partial charge in [0.15, 0.2) is 11.5 Å². The van der Waals surface area contributed by atoms with Gasteiger partial charge >= 0.3 is 0 Å². The highest BCUT2D eigenvalue weighted by molar-refractivity contribution is 5.92. The Bertz CT molecular complexity index is 487. The van der Waals surface area contributed by atoms with Crippen molar-refractivity contribution in [2.75, 3.05) is 38.7 Å². The molecule has 1 fully saturated rings. The summed E-state index contributed by atoms with van der Waals surface area (Å²) in [5.41, 5.74) is 0.670. The Morgan fingerprint density at radius 1 is 1.32 bits per heavy atom. The Morgan fingerprint density at radius 3 is 2.77 bits per heavy atom. The van der Waals surface area contributed by atoms with E-state index >= 15 is 0 Å². The van der Waals surface area contributed by atoms with Crippen molar-refractivity contribution in [3.05, 3.63) is 18.2 Å². The molecule has 2 N–H and O–H groups in total. The molecule has 1 aromatic carbocycles. The molecule has 0 bridgehead atoms. The van der Waals surface area contributed by atoms with Crippen molar-refractivity contribution in [1.82, 2.24) is 5.32 Å². The summed E-state index contributed by atoms with van der Waals surface area (Å²) in [5, 5.41) is 6.08. The zero-order valence-corrected chi connectivity index (χ0v) is 13.2. The normalized spacial score (nSPS) is 15.4. The van der Waals surface area contributed by atoms with Gasteiger partial charge in [-0.2, -0.15) is 0 Å². The van der Waals surface area contributed by atoms with Gasteiger partial charge in [-0.1, -0.05) is 0 Å². The van der Waals surface area contributed by atoms with Crippen LogP contribution in [0.5, 0.6) is 11.5 Å². The minimum Gasteiger partial charge on any atom is -0.493 e. The Balaban J connectivity index is 1.86. The summed E-state index contributed by atoms with van der Waals surface area (Å²) in [4.78, 5) is 12.0. The molecule has 0 radical (unpaired) electrons. The highest BCUT2D eigenvalue weighted by atomic mass is 16.5. The lowest BCUT2D eigenvalue weighted by molar-refractivity contribution is -0.123. The highest BCUT2D eigenvalue weighted by Gasteiger charge is 2.15. The van der Waals surface area contributed by atoms with Gasteiger partial charge in [0, 0.05) is 11.8 Å². The van der Waals surface area contributed by atoms with Crippen molar-refractivity contribution in [3.8, 4) is 11.5 Å². The van der Waals surface area contributed by atoms with Gasteiger partial charge in [-0.3, -0.25) is 4.79 Å². The Hall–Kier alpha value is -1.79. The van der Waals surface area contributed by atoms with Gasteiger partial charge in [-0.05, 0) is 45.0 Å². The summed E-state index contributed by atoms with van der Waals surface area (Å²) in [6.45, 7) is 4.40. The summed E-state index contributed by atoms with van der Waals surface area (Å²) in [6.07, 6.45) is 2.07. The molecule has 22 heavy (non-hydrogen) atoms. The molecule has 0 aliphatic carbocycles. The van der Waals surface area contributed by atoms with E-state index in [1.807, 2.05) is 6.92 Å². The molecule has 2 rings (SSSR count). The number of carbonyl (C=O) groups is 1. The van der Waals surface area contributed by atoms with Crippen LogP contribution >= 0.6 is 0 Å². The molecule has 6 heteroatoms. The minimum absolute atomic E-state index is 0.0701. The number of methoxy groups -OCH3 is 1. The van der Waals surface area contributed by atoms with E-state index in [9.17, 15) is 4.79 Å². The molecular formula is C16H24N2O4. The van der Waals surface area contributed by atoms with Crippen molar-refractivity contribution in [2.24, 2.45) is 0 Å². The maximum absolute atomic E-state index is 12.0. The third-order valence-electron chi connectivity index (χ3n) is 3.48. The van der Waals surface area contributed by atoms with Crippen molar-refractivity contribution in [2.45, 2.75) is 25.9 Å². The average Bonchev–Trinajstić information content (AvgIpc) is 2.55. The van der Waals surface area contributed by atoms with Gasteiger partial charge in [0.1, 0.15) is 6.61 Å². The average molecular weight is 308 g/mol. The molecule has 0 aromatic heterocycles. The van der Waals surface area contributed by atoms with Crippen LogP contribution in [0.25, 0.3) is 0 Å². The predicted octanol–water partition coefficient (Wildman–Crippen LogP) is 1.80. The topological polar surface area (TPSA) is 68.8 Å². The molecule has 1 aliphatic rings. The van der Waals surface area contributed by atoms with Gasteiger partial charge in [-0.25, -0.2) is 0 Å². The molecule has 1 aromatic rings. The quantitative estimate of drug-likeness (QED) is 0.804. The summed E-state index contributed by atoms with van der Waals surface area (Å²) in [7, 11) is 1.59. The molecule has 0 atom stereocenters. The van der Waals surface area contributed by atoms with E-state index in [1.165, 1.54) is 0 Å². The maximum atomic E-state index is 12.0. The van der Waals surface area contributed by atoms with Crippen LogP contribution in [-0.4, -0.2) is 45.4 Å². The number of hydrogen-bond donors (Lipinski definition) is 2. The zero-order valence-electron chi connectivity index (χ0n) is 13.2. The largest absolute Gasteiger partial charge is 0.493 e. The molecule has 1 amide bonds. The fourth-order valence-electron chi connectivity index (χ4n) is 2.38. The molecule has 0 unspecified atom stereocenters. The molecule has 1 aliphatic heterocycles. The van der Waals surface area contributed by atoms with Gasteiger partial charge in [0.05, 0.1) is 19.8 Å². The van der Waals surface area contributed by atoms with Crippen LogP contribution in [0.4, 0.5) is 5.69 Å². The smallest absolute Gasteiger partial charge is 0.250 e. The second kappa shape index (κ2) is 8.60. The van der Waals surface area contributed by atoms with Crippen molar-refractivity contribution in [3.63, 3.8) is 0 Å². The SMILES string of the molecule is CCOc1cc(NC(=O)COC2CCNCC2)ccc1OC. The van der Waals surface area contributed by atoms with E-state index in [4.69, 9.17) is 14.2 Å². The monoisotopic (exact) mass is 308 g/mol. The number of rotatable bonds is 7. The first-order valence-electron chi connectivity index (χ1n) is 7.66. The standard InChI is InChI=1S/C16H24N2O4/c1-3-21-15-10-12(4-5-14(15)20-2)18-16(19)11-22-13-6-8-17-9-7-13/h4-5,10,13,17H,3,6-9,11H2,1-2H3,(H,18,19). The van der Waals surface area contributed by atoms with Crippen LogP contribution in [0, 0.1) is 0 Å². The van der Waals surface area contributed by atoms with E-state index in [2.05, 4.69) is 10.6 Å². The summed E-state index contributed by atoms with van der Waals surface area (Å²) >= 11 is 0. The number of piperidine rings is 1. The van der Waals surface area contributed by atoms with Crippen LogP contribution in [0.1, 0.15) is 19.8 Å². The van der Waals surface area contributed by atoms with Crippen molar-refractivity contribution < 1.29 is 19.0 Å².